The quantitative estimate of drug-likeness (QED) is 0.827. The summed E-state index contributed by atoms with van der Waals surface area (Å²) in [7, 11) is 0. The summed E-state index contributed by atoms with van der Waals surface area (Å²) in [6.07, 6.45) is -2.99. The number of fused-ring (bicyclic) bond motifs is 1. The summed E-state index contributed by atoms with van der Waals surface area (Å²) in [6, 6.07) is 4.28. The lowest BCUT2D eigenvalue weighted by molar-refractivity contribution is -0.286. The van der Waals surface area contributed by atoms with Gasteiger partial charge in [-0.25, -0.2) is 0 Å². The highest BCUT2D eigenvalue weighted by Gasteiger charge is 2.43. The Hall–Kier alpha value is -1.62. The summed E-state index contributed by atoms with van der Waals surface area (Å²) in [5.74, 6) is 0.0472. The van der Waals surface area contributed by atoms with Crippen molar-refractivity contribution in [2.24, 2.45) is 5.73 Å². The second-order valence-corrected chi connectivity index (χ2v) is 4.14. The first-order chi connectivity index (χ1) is 7.87. The van der Waals surface area contributed by atoms with Crippen molar-refractivity contribution in [2.75, 3.05) is 0 Å². The molecular weight excluding hydrogens is 228 g/mol. The van der Waals surface area contributed by atoms with Gasteiger partial charge in [0.15, 0.2) is 11.5 Å². The van der Waals surface area contributed by atoms with Crippen LogP contribution < -0.4 is 15.2 Å². The summed E-state index contributed by atoms with van der Waals surface area (Å²) in [4.78, 5) is 0. The van der Waals surface area contributed by atoms with Crippen molar-refractivity contribution in [3.8, 4) is 11.5 Å². The third-order valence-corrected chi connectivity index (χ3v) is 2.42. The molecule has 1 aliphatic rings. The van der Waals surface area contributed by atoms with Crippen LogP contribution in [0.4, 0.5) is 8.78 Å². The average Bonchev–Trinajstić information content (AvgIpc) is 2.48. The van der Waals surface area contributed by atoms with E-state index in [4.69, 9.17) is 5.73 Å². The number of alkyl halides is 2. The molecule has 0 bridgehead atoms. The first kappa shape index (κ1) is 11.9. The minimum atomic E-state index is -3.58. The van der Waals surface area contributed by atoms with Crippen molar-refractivity contribution in [1.29, 1.82) is 0 Å². The van der Waals surface area contributed by atoms with Crippen LogP contribution in [0.2, 0.25) is 0 Å². The van der Waals surface area contributed by atoms with E-state index in [0.717, 1.165) is 5.57 Å². The second kappa shape index (κ2) is 4.00. The zero-order valence-corrected chi connectivity index (χ0v) is 9.37. The molecule has 0 saturated carbocycles. The second-order valence-electron chi connectivity index (χ2n) is 4.14. The van der Waals surface area contributed by atoms with Crippen molar-refractivity contribution < 1.29 is 18.3 Å². The van der Waals surface area contributed by atoms with E-state index in [0.29, 0.717) is 12.0 Å². The average molecular weight is 241 g/mol. The summed E-state index contributed by atoms with van der Waals surface area (Å²) < 4.78 is 34.2. The van der Waals surface area contributed by atoms with Gasteiger partial charge in [0.05, 0.1) is 0 Å². The van der Waals surface area contributed by atoms with Crippen molar-refractivity contribution in [2.45, 2.75) is 25.7 Å². The van der Waals surface area contributed by atoms with Crippen LogP contribution in [0.5, 0.6) is 11.5 Å². The van der Waals surface area contributed by atoms with Gasteiger partial charge in [-0.3, -0.25) is 0 Å². The van der Waals surface area contributed by atoms with E-state index < -0.39 is 6.29 Å². The Kier molecular flexibility index (Phi) is 2.79. The van der Waals surface area contributed by atoms with E-state index in [1.54, 1.807) is 6.07 Å². The molecule has 0 unspecified atom stereocenters. The van der Waals surface area contributed by atoms with Gasteiger partial charge in [-0.2, -0.15) is 0 Å². The predicted octanol–water partition coefficient (Wildman–Crippen LogP) is 2.97. The number of nitrogens with two attached hydrogens (primary N) is 1. The highest BCUT2D eigenvalue weighted by molar-refractivity contribution is 5.46. The van der Waals surface area contributed by atoms with Crippen molar-refractivity contribution in [1.82, 2.24) is 0 Å². The Morgan fingerprint density at radius 3 is 2.71 bits per heavy atom. The van der Waals surface area contributed by atoms with Crippen LogP contribution in [0.25, 0.3) is 0 Å². The van der Waals surface area contributed by atoms with Crippen LogP contribution >= 0.6 is 0 Å². The van der Waals surface area contributed by atoms with Gasteiger partial charge >= 0.3 is 6.29 Å². The maximum atomic E-state index is 12.8. The molecule has 5 heteroatoms. The minimum absolute atomic E-state index is 0.0182. The molecule has 0 aliphatic carbocycles. The fraction of sp³-hybridized carbons (Fsp3) is 0.333. The molecule has 1 heterocycles. The largest absolute Gasteiger partial charge is 0.586 e. The number of hydrogen-bond acceptors (Lipinski definition) is 3. The van der Waals surface area contributed by atoms with E-state index in [-0.39, 0.29) is 17.5 Å². The lowest BCUT2D eigenvalue weighted by Gasteiger charge is -2.12. The number of hydrogen-bond donors (Lipinski definition) is 1. The standard InChI is InChI=1S/C12H13F2NO2/c1-7(2)5-9(15)8-3-4-10-11(6-8)17-12(13,14)16-10/h3-4,6,9H,1,5,15H2,2H3/t9-/m0/s1. The first-order valence-electron chi connectivity index (χ1n) is 5.17. The zero-order valence-electron chi connectivity index (χ0n) is 9.37. The molecule has 1 aliphatic heterocycles. The molecule has 2 N–H and O–H groups in total. The molecule has 92 valence electrons. The van der Waals surface area contributed by atoms with Crippen LogP contribution in [0.3, 0.4) is 0 Å². The van der Waals surface area contributed by atoms with Gasteiger partial charge in [-0.05, 0) is 31.0 Å². The van der Waals surface area contributed by atoms with Crippen molar-refractivity contribution >= 4 is 0 Å². The number of rotatable bonds is 3. The highest BCUT2D eigenvalue weighted by atomic mass is 19.3. The van der Waals surface area contributed by atoms with Crippen LogP contribution in [-0.2, 0) is 0 Å². The van der Waals surface area contributed by atoms with Gasteiger partial charge < -0.3 is 15.2 Å². The number of halogens is 2. The van der Waals surface area contributed by atoms with E-state index in [2.05, 4.69) is 16.1 Å². The maximum Gasteiger partial charge on any atom is 0.586 e. The summed E-state index contributed by atoms with van der Waals surface area (Å²) in [6.45, 7) is 5.62. The van der Waals surface area contributed by atoms with Gasteiger partial charge in [0.25, 0.3) is 0 Å². The summed E-state index contributed by atoms with van der Waals surface area (Å²) in [5.41, 5.74) is 7.56. The molecule has 3 nitrogen and oxygen atoms in total. The van der Waals surface area contributed by atoms with Gasteiger partial charge in [0.2, 0.25) is 0 Å². The van der Waals surface area contributed by atoms with Gasteiger partial charge in [0.1, 0.15) is 0 Å². The Morgan fingerprint density at radius 1 is 1.41 bits per heavy atom. The molecular formula is C12H13F2NO2. The van der Waals surface area contributed by atoms with Crippen LogP contribution in [0.15, 0.2) is 30.4 Å². The number of benzene rings is 1. The van der Waals surface area contributed by atoms with Crippen LogP contribution in [-0.4, -0.2) is 6.29 Å². The molecule has 0 spiro atoms. The van der Waals surface area contributed by atoms with E-state index in [1.165, 1.54) is 12.1 Å². The minimum Gasteiger partial charge on any atom is -0.395 e. The molecule has 0 radical (unpaired) electrons. The summed E-state index contributed by atoms with van der Waals surface area (Å²) >= 11 is 0. The zero-order chi connectivity index (χ0) is 12.6. The molecule has 2 rings (SSSR count). The topological polar surface area (TPSA) is 44.5 Å². The monoisotopic (exact) mass is 241 g/mol. The SMILES string of the molecule is C=C(C)C[C@H](N)c1ccc2c(c1)OC(F)(F)O2. The maximum absolute atomic E-state index is 12.8. The van der Waals surface area contributed by atoms with E-state index in [9.17, 15) is 8.78 Å². The molecule has 17 heavy (non-hydrogen) atoms. The Balaban J connectivity index is 2.21. The lowest BCUT2D eigenvalue weighted by Crippen LogP contribution is -2.25. The van der Waals surface area contributed by atoms with Crippen LogP contribution in [0, 0.1) is 0 Å². The molecule has 1 aromatic rings. The lowest BCUT2D eigenvalue weighted by atomic mass is 10.0. The van der Waals surface area contributed by atoms with Crippen molar-refractivity contribution in [3.05, 3.63) is 35.9 Å². The molecule has 0 saturated heterocycles. The van der Waals surface area contributed by atoms with Crippen LogP contribution in [0.1, 0.15) is 24.9 Å². The van der Waals surface area contributed by atoms with E-state index in [1.807, 2.05) is 6.92 Å². The molecule has 0 aromatic heterocycles. The molecule has 1 atom stereocenters. The third kappa shape index (κ3) is 2.55. The smallest absolute Gasteiger partial charge is 0.395 e. The van der Waals surface area contributed by atoms with Gasteiger partial charge in [-0.15, -0.1) is 15.4 Å². The van der Waals surface area contributed by atoms with Crippen molar-refractivity contribution in [3.63, 3.8) is 0 Å². The molecule has 1 aromatic carbocycles. The predicted molar refractivity (Wildman–Crippen MR) is 59.0 cm³/mol. The third-order valence-electron chi connectivity index (χ3n) is 2.42. The molecule has 0 amide bonds. The Labute approximate surface area is 97.8 Å². The van der Waals surface area contributed by atoms with E-state index >= 15 is 0 Å². The van der Waals surface area contributed by atoms with Gasteiger partial charge in [0, 0.05) is 6.04 Å². The fourth-order valence-corrected chi connectivity index (χ4v) is 1.69. The number of ether oxygens (including phenoxy) is 2. The fourth-order valence-electron chi connectivity index (χ4n) is 1.69. The summed E-state index contributed by atoms with van der Waals surface area (Å²) in [5, 5.41) is 0. The van der Waals surface area contributed by atoms with Gasteiger partial charge in [-0.1, -0.05) is 11.6 Å². The Bertz CT molecular complexity index is 460. The molecule has 0 fully saturated rings. The normalized spacial score (nSPS) is 17.9. The Morgan fingerprint density at radius 2 is 2.06 bits per heavy atom. The first-order valence-corrected chi connectivity index (χ1v) is 5.17. The highest BCUT2D eigenvalue weighted by Crippen LogP contribution is 2.42.